The number of hydrogen-bond donors (Lipinski definition) is 0. The van der Waals surface area contributed by atoms with Crippen LogP contribution >= 0.6 is 23.4 Å². The van der Waals surface area contributed by atoms with E-state index in [1.165, 1.54) is 18.2 Å². The van der Waals surface area contributed by atoms with E-state index >= 15 is 4.39 Å². The van der Waals surface area contributed by atoms with E-state index in [9.17, 15) is 19.2 Å². The van der Waals surface area contributed by atoms with Crippen LogP contribution in [0, 0.1) is 5.82 Å². The first kappa shape index (κ1) is 30.4. The maximum absolute atomic E-state index is 15.4. The molecule has 10 heteroatoms. The number of ether oxygens (including phenoxy) is 2. The fourth-order valence-electron chi connectivity index (χ4n) is 4.05. The maximum Gasteiger partial charge on any atom is 0.334 e. The molecule has 0 saturated heterocycles. The molecule has 0 spiro atoms. The van der Waals surface area contributed by atoms with E-state index in [4.69, 9.17) is 21.1 Å². The van der Waals surface area contributed by atoms with Gasteiger partial charge < -0.3 is 9.47 Å². The zero-order chi connectivity index (χ0) is 28.4. The first-order chi connectivity index (χ1) is 18.8. The molecule has 0 fully saturated rings. The Morgan fingerprint density at radius 3 is 2.33 bits per heavy atom. The fraction of sp³-hybridized carbons (Fsp3) is 0.379. The molecule has 0 N–H and O–H groups in total. The predicted octanol–water partition coefficient (Wildman–Crippen LogP) is 6.52. The van der Waals surface area contributed by atoms with Crippen molar-refractivity contribution in [2.45, 2.75) is 57.3 Å². The molecular weight excluding hydrogens is 545 g/mol. The lowest BCUT2D eigenvalue weighted by atomic mass is 9.90. The van der Waals surface area contributed by atoms with Crippen LogP contribution in [0.2, 0.25) is 5.02 Å². The van der Waals surface area contributed by atoms with E-state index in [0.29, 0.717) is 30.8 Å². The molecule has 0 aliphatic heterocycles. The largest absolute Gasteiger partial charge is 0.465 e. The second-order valence-electron chi connectivity index (χ2n) is 8.79. The molecule has 2 aromatic carbocycles. The lowest BCUT2D eigenvalue weighted by Gasteiger charge is -2.26. The van der Waals surface area contributed by atoms with Crippen LogP contribution in [0.15, 0.2) is 58.5 Å². The van der Waals surface area contributed by atoms with E-state index in [0.717, 1.165) is 35.6 Å². The number of unbranched alkanes of at least 4 members (excludes halogenated alkanes) is 1. The van der Waals surface area contributed by atoms with Crippen molar-refractivity contribution in [3.05, 3.63) is 70.0 Å². The summed E-state index contributed by atoms with van der Waals surface area (Å²) in [6.07, 6.45) is 3.48. The summed E-state index contributed by atoms with van der Waals surface area (Å²) in [4.78, 5) is 53.4. The summed E-state index contributed by atoms with van der Waals surface area (Å²) in [6, 6.07) is 10.3. The Bertz CT molecular complexity index is 1250. The third-order valence-electron chi connectivity index (χ3n) is 6.02. The first-order valence-electron chi connectivity index (χ1n) is 12.9. The molecule has 0 saturated carbocycles. The highest BCUT2D eigenvalue weighted by Gasteiger charge is 2.34. The number of nitrogens with zero attached hydrogens (tertiary/aromatic N) is 1. The Balaban J connectivity index is 2.05. The van der Waals surface area contributed by atoms with Crippen molar-refractivity contribution in [2.24, 2.45) is 0 Å². The summed E-state index contributed by atoms with van der Waals surface area (Å²) in [6.45, 7) is 4.06. The Kier molecular flexibility index (Phi) is 11.6. The van der Waals surface area contributed by atoms with Gasteiger partial charge in [-0.1, -0.05) is 43.1 Å². The van der Waals surface area contributed by atoms with Gasteiger partial charge in [0.05, 0.1) is 29.7 Å². The number of carbonyl (C=O) groups is 4. The molecule has 1 aliphatic carbocycles. The molecule has 39 heavy (non-hydrogen) atoms. The number of amides is 2. The van der Waals surface area contributed by atoms with E-state index < -0.39 is 29.6 Å². The van der Waals surface area contributed by atoms with Crippen LogP contribution in [0.25, 0.3) is 0 Å². The van der Waals surface area contributed by atoms with Crippen LogP contribution in [0.5, 0.6) is 0 Å². The first-order valence-corrected chi connectivity index (χ1v) is 14.2. The lowest BCUT2D eigenvalue weighted by Crippen LogP contribution is -2.40. The van der Waals surface area contributed by atoms with Crippen LogP contribution < -0.4 is 4.90 Å². The van der Waals surface area contributed by atoms with E-state index in [1.807, 2.05) is 6.92 Å². The van der Waals surface area contributed by atoms with Crippen molar-refractivity contribution in [1.29, 1.82) is 0 Å². The Morgan fingerprint density at radius 1 is 0.974 bits per heavy atom. The van der Waals surface area contributed by atoms with Gasteiger partial charge in [-0.2, -0.15) is 0 Å². The molecular formula is C29H31ClFNO6S. The van der Waals surface area contributed by atoms with Gasteiger partial charge in [0, 0.05) is 21.6 Å². The predicted molar refractivity (Wildman–Crippen MR) is 148 cm³/mol. The van der Waals surface area contributed by atoms with Crippen LogP contribution in [0.4, 0.5) is 10.1 Å². The van der Waals surface area contributed by atoms with Crippen LogP contribution in [-0.2, 0) is 23.9 Å². The van der Waals surface area contributed by atoms with Crippen LogP contribution in [-0.4, -0.2) is 42.7 Å². The molecule has 0 heterocycles. The molecule has 0 radical (unpaired) electrons. The number of benzene rings is 2. The van der Waals surface area contributed by atoms with Crippen LogP contribution in [0.3, 0.4) is 0 Å². The number of imide groups is 1. The number of rotatable bonds is 11. The Labute approximate surface area is 236 Å². The summed E-state index contributed by atoms with van der Waals surface area (Å²) in [5.74, 6) is -3.65. The molecule has 2 amide bonds. The van der Waals surface area contributed by atoms with Crippen molar-refractivity contribution in [3.8, 4) is 0 Å². The molecule has 0 atom stereocenters. The summed E-state index contributed by atoms with van der Waals surface area (Å²) in [7, 11) is 0. The highest BCUT2D eigenvalue weighted by atomic mass is 35.5. The van der Waals surface area contributed by atoms with Gasteiger partial charge in [-0.25, -0.2) is 14.1 Å². The average Bonchev–Trinajstić information content (AvgIpc) is 2.94. The topological polar surface area (TPSA) is 90.0 Å². The smallest absolute Gasteiger partial charge is 0.334 e. The molecule has 0 aromatic heterocycles. The Morgan fingerprint density at radius 2 is 1.67 bits per heavy atom. The second-order valence-corrected chi connectivity index (χ2v) is 10.2. The van der Waals surface area contributed by atoms with Gasteiger partial charge >= 0.3 is 11.9 Å². The zero-order valence-corrected chi connectivity index (χ0v) is 23.5. The van der Waals surface area contributed by atoms with E-state index in [-0.39, 0.29) is 46.2 Å². The van der Waals surface area contributed by atoms with Gasteiger partial charge in [0.1, 0.15) is 5.82 Å². The summed E-state index contributed by atoms with van der Waals surface area (Å²) in [5.41, 5.74) is 0.133. The van der Waals surface area contributed by atoms with Gasteiger partial charge in [0.2, 0.25) is 0 Å². The molecule has 1 aliphatic rings. The average molecular weight is 576 g/mol. The molecule has 0 unspecified atom stereocenters. The van der Waals surface area contributed by atoms with Gasteiger partial charge in [0.25, 0.3) is 11.8 Å². The van der Waals surface area contributed by atoms with E-state index in [1.54, 1.807) is 25.1 Å². The molecule has 7 nitrogen and oxygen atoms in total. The number of thioether (sulfide) groups is 1. The fourth-order valence-corrected chi connectivity index (χ4v) is 5.11. The van der Waals surface area contributed by atoms with E-state index in [2.05, 4.69) is 0 Å². The lowest BCUT2D eigenvalue weighted by molar-refractivity contribution is -0.140. The van der Waals surface area contributed by atoms with Crippen LogP contribution in [0.1, 0.15) is 62.7 Å². The standard InChI is InChI=1S/C29H31ClFNO6S/c1-3-5-15-38-26(33)18-39-25-17-24(23(31)16-22(25)30)32(27(34)19-11-7-6-8-12-19)28(35)20-13-9-10-14-21(20)29(36)37-4-2/h6-8,11-12,16-17H,3-5,9-10,13-15,18H2,1-2H3. The minimum Gasteiger partial charge on any atom is -0.465 e. The normalized spacial score (nSPS) is 13.1. The number of halogens is 2. The quantitative estimate of drug-likeness (QED) is 0.130. The summed E-state index contributed by atoms with van der Waals surface area (Å²) in [5, 5.41) is 0.0197. The molecule has 0 bridgehead atoms. The monoisotopic (exact) mass is 575 g/mol. The van der Waals surface area contributed by atoms with Crippen molar-refractivity contribution >= 4 is 52.8 Å². The van der Waals surface area contributed by atoms with Gasteiger partial charge in [-0.3, -0.25) is 14.4 Å². The van der Waals surface area contributed by atoms with Gasteiger partial charge in [0.15, 0.2) is 0 Å². The van der Waals surface area contributed by atoms with Crippen molar-refractivity contribution in [2.75, 3.05) is 23.9 Å². The van der Waals surface area contributed by atoms with Crippen molar-refractivity contribution in [1.82, 2.24) is 0 Å². The second kappa shape index (κ2) is 14.8. The van der Waals surface area contributed by atoms with Gasteiger partial charge in [-0.05, 0) is 63.3 Å². The van der Waals surface area contributed by atoms with Crippen molar-refractivity contribution < 1.29 is 33.0 Å². The highest BCUT2D eigenvalue weighted by molar-refractivity contribution is 8.00. The SMILES string of the molecule is CCCCOC(=O)CSc1cc(N(C(=O)C2=C(C(=O)OCC)CCCC2)C(=O)c2ccccc2)c(F)cc1Cl. The number of esters is 2. The van der Waals surface area contributed by atoms with Gasteiger partial charge in [-0.15, -0.1) is 11.8 Å². The maximum atomic E-state index is 15.4. The number of anilines is 1. The van der Waals surface area contributed by atoms with Crippen molar-refractivity contribution in [3.63, 3.8) is 0 Å². The molecule has 2 aromatic rings. The summed E-state index contributed by atoms with van der Waals surface area (Å²) >= 11 is 7.28. The number of carbonyl (C=O) groups excluding carboxylic acids is 4. The minimum atomic E-state index is -0.901. The molecule has 3 rings (SSSR count). The third kappa shape index (κ3) is 7.92. The number of hydrogen-bond acceptors (Lipinski definition) is 7. The molecule has 208 valence electrons. The highest BCUT2D eigenvalue weighted by Crippen LogP contribution is 2.36. The minimum absolute atomic E-state index is 0.0197. The third-order valence-corrected chi connectivity index (χ3v) is 7.48. The Hall–Kier alpha value is -3.17. The summed E-state index contributed by atoms with van der Waals surface area (Å²) < 4.78 is 25.7. The zero-order valence-electron chi connectivity index (χ0n) is 22.0.